The van der Waals surface area contributed by atoms with Gasteiger partial charge in [-0.15, -0.1) is 0 Å². The Bertz CT molecular complexity index is 768. The molecule has 0 aliphatic rings. The second-order valence-electron chi connectivity index (χ2n) is 5.37. The number of nitrogens with zero attached hydrogens (tertiary/aromatic N) is 1. The number of carbonyl (C=O) groups excluding carboxylic acids is 1. The summed E-state index contributed by atoms with van der Waals surface area (Å²) in [5.41, 5.74) is 3.44. The highest BCUT2D eigenvalue weighted by Crippen LogP contribution is 2.22. The topological polar surface area (TPSA) is 50.2 Å². The van der Waals surface area contributed by atoms with Crippen molar-refractivity contribution in [3.63, 3.8) is 0 Å². The first-order chi connectivity index (χ1) is 11.2. The van der Waals surface area contributed by atoms with Crippen LogP contribution in [-0.4, -0.2) is 15.9 Å². The second kappa shape index (κ2) is 6.99. The number of hydrogen-bond acceptors (Lipinski definition) is 3. The zero-order chi connectivity index (χ0) is 16.1. The molecule has 23 heavy (non-hydrogen) atoms. The maximum Gasteiger partial charge on any atom is 0.165 e. The molecule has 0 aliphatic heterocycles. The molecule has 0 aliphatic carbocycles. The zero-order valence-electron chi connectivity index (χ0n) is 12.6. The van der Waals surface area contributed by atoms with Gasteiger partial charge in [0.25, 0.3) is 0 Å². The van der Waals surface area contributed by atoms with Gasteiger partial charge in [-0.05, 0) is 22.8 Å². The third-order valence-corrected chi connectivity index (χ3v) is 3.76. The molecular weight excluding hydrogens is 286 g/mol. The molecule has 1 heterocycles. The number of aromatic nitrogens is 1. The molecule has 0 fully saturated rings. The fraction of sp³-hybridized carbons (Fsp3) is 0.100. The molecule has 1 N–H and O–H groups in total. The first-order valence-electron chi connectivity index (χ1n) is 7.51. The van der Waals surface area contributed by atoms with Crippen molar-refractivity contribution in [1.29, 1.82) is 0 Å². The molecule has 3 nitrogen and oxygen atoms in total. The number of aliphatic hydroxyl groups excluding tert-OH is 1. The average Bonchev–Trinajstić information content (AvgIpc) is 2.63. The van der Waals surface area contributed by atoms with E-state index in [1.54, 1.807) is 36.7 Å². The molecular formula is C20H17NO2. The van der Waals surface area contributed by atoms with E-state index in [0.29, 0.717) is 11.1 Å². The van der Waals surface area contributed by atoms with Crippen molar-refractivity contribution in [2.75, 3.05) is 0 Å². The Balaban J connectivity index is 1.71. The van der Waals surface area contributed by atoms with Crippen LogP contribution in [0.25, 0.3) is 11.1 Å². The highest BCUT2D eigenvalue weighted by Gasteiger charge is 2.14. The van der Waals surface area contributed by atoms with Gasteiger partial charge in [0.2, 0.25) is 0 Å². The molecule has 0 radical (unpaired) electrons. The lowest BCUT2D eigenvalue weighted by molar-refractivity contribution is 0.0880. The lowest BCUT2D eigenvalue weighted by Gasteiger charge is -2.10. The van der Waals surface area contributed by atoms with Crippen LogP contribution in [0.2, 0.25) is 0 Å². The highest BCUT2D eigenvalue weighted by molar-refractivity contribution is 5.96. The first-order valence-corrected chi connectivity index (χ1v) is 7.51. The maximum absolute atomic E-state index is 12.3. The highest BCUT2D eigenvalue weighted by atomic mass is 16.3. The van der Waals surface area contributed by atoms with Crippen LogP contribution < -0.4 is 0 Å². The summed E-state index contributed by atoms with van der Waals surface area (Å²) in [6, 6.07) is 21.0. The molecule has 1 aromatic heterocycles. The summed E-state index contributed by atoms with van der Waals surface area (Å²) >= 11 is 0. The molecule has 1 atom stereocenters. The number of rotatable bonds is 5. The number of aliphatic hydroxyl groups is 1. The predicted octanol–water partition coefficient (Wildman–Crippen LogP) is 4.06. The van der Waals surface area contributed by atoms with Crippen LogP contribution in [0.3, 0.4) is 0 Å². The van der Waals surface area contributed by atoms with E-state index in [2.05, 4.69) is 4.98 Å². The van der Waals surface area contributed by atoms with Crippen LogP contribution >= 0.6 is 0 Å². The quantitative estimate of drug-likeness (QED) is 0.723. The number of benzene rings is 2. The Morgan fingerprint density at radius 3 is 2.26 bits per heavy atom. The Morgan fingerprint density at radius 2 is 1.61 bits per heavy atom. The first kappa shape index (κ1) is 15.1. The van der Waals surface area contributed by atoms with E-state index >= 15 is 0 Å². The van der Waals surface area contributed by atoms with Gasteiger partial charge in [-0.3, -0.25) is 9.78 Å². The van der Waals surface area contributed by atoms with Gasteiger partial charge in [-0.25, -0.2) is 0 Å². The Morgan fingerprint density at radius 1 is 0.913 bits per heavy atom. The third kappa shape index (κ3) is 3.71. The molecule has 0 bridgehead atoms. The molecule has 0 amide bonds. The molecule has 1 unspecified atom stereocenters. The van der Waals surface area contributed by atoms with E-state index in [9.17, 15) is 9.90 Å². The van der Waals surface area contributed by atoms with E-state index in [-0.39, 0.29) is 12.2 Å². The summed E-state index contributed by atoms with van der Waals surface area (Å²) < 4.78 is 0. The van der Waals surface area contributed by atoms with Gasteiger partial charge < -0.3 is 5.11 Å². The molecule has 0 saturated carbocycles. The van der Waals surface area contributed by atoms with Crippen molar-refractivity contribution in [3.05, 3.63) is 90.3 Å². The number of hydrogen-bond donors (Lipinski definition) is 1. The minimum absolute atomic E-state index is 0.0520. The predicted molar refractivity (Wildman–Crippen MR) is 90.0 cm³/mol. The summed E-state index contributed by atoms with van der Waals surface area (Å²) in [7, 11) is 0. The minimum atomic E-state index is -0.829. The van der Waals surface area contributed by atoms with Crippen LogP contribution in [0.15, 0.2) is 79.1 Å². The second-order valence-corrected chi connectivity index (χ2v) is 5.37. The van der Waals surface area contributed by atoms with E-state index in [0.717, 1.165) is 11.1 Å². The summed E-state index contributed by atoms with van der Waals surface area (Å²) in [5, 5.41) is 10.1. The fourth-order valence-electron chi connectivity index (χ4n) is 2.46. The molecule has 3 rings (SSSR count). The summed E-state index contributed by atoms with van der Waals surface area (Å²) in [5.74, 6) is -0.0824. The molecule has 0 spiro atoms. The zero-order valence-corrected chi connectivity index (χ0v) is 12.6. The summed E-state index contributed by atoms with van der Waals surface area (Å²) in [6.45, 7) is 0. The van der Waals surface area contributed by atoms with E-state index in [4.69, 9.17) is 0 Å². The minimum Gasteiger partial charge on any atom is -0.388 e. The SMILES string of the molecule is O=C(CC(O)c1cccnc1)c1ccc(-c2ccccc2)cc1. The Labute approximate surface area is 135 Å². The van der Waals surface area contributed by atoms with Gasteiger partial charge in [0.05, 0.1) is 6.10 Å². The lowest BCUT2D eigenvalue weighted by Crippen LogP contribution is -2.07. The van der Waals surface area contributed by atoms with Crippen LogP contribution in [0.5, 0.6) is 0 Å². The van der Waals surface area contributed by atoms with Crippen molar-refractivity contribution >= 4 is 5.78 Å². The number of pyridine rings is 1. The molecule has 2 aromatic carbocycles. The maximum atomic E-state index is 12.3. The number of Topliss-reactive ketones (excluding diaryl/α,β-unsaturated/α-hetero) is 1. The third-order valence-electron chi connectivity index (χ3n) is 3.76. The lowest BCUT2D eigenvalue weighted by atomic mass is 9.98. The molecule has 3 aromatic rings. The van der Waals surface area contributed by atoms with Gasteiger partial charge in [0.15, 0.2) is 5.78 Å². The molecule has 3 heteroatoms. The van der Waals surface area contributed by atoms with Crippen molar-refractivity contribution < 1.29 is 9.90 Å². The standard InChI is InChI=1S/C20H17NO2/c22-19(13-20(23)18-7-4-12-21-14-18)17-10-8-16(9-11-17)15-5-2-1-3-6-15/h1-12,14,20,23H,13H2. The summed E-state index contributed by atoms with van der Waals surface area (Å²) in [4.78, 5) is 16.3. The smallest absolute Gasteiger partial charge is 0.165 e. The van der Waals surface area contributed by atoms with Crippen molar-refractivity contribution in [2.45, 2.75) is 12.5 Å². The largest absolute Gasteiger partial charge is 0.388 e. The van der Waals surface area contributed by atoms with Gasteiger partial charge >= 0.3 is 0 Å². The van der Waals surface area contributed by atoms with Gasteiger partial charge in [-0.2, -0.15) is 0 Å². The number of carbonyl (C=O) groups is 1. The van der Waals surface area contributed by atoms with Crippen LogP contribution in [-0.2, 0) is 0 Å². The molecule has 114 valence electrons. The van der Waals surface area contributed by atoms with Gasteiger partial charge in [0.1, 0.15) is 0 Å². The van der Waals surface area contributed by atoms with E-state index < -0.39 is 6.10 Å². The Kier molecular flexibility index (Phi) is 4.60. The number of ketones is 1. The fourth-order valence-corrected chi connectivity index (χ4v) is 2.46. The van der Waals surface area contributed by atoms with Crippen molar-refractivity contribution in [2.24, 2.45) is 0 Å². The van der Waals surface area contributed by atoms with Crippen molar-refractivity contribution in [1.82, 2.24) is 4.98 Å². The molecule has 0 saturated heterocycles. The monoisotopic (exact) mass is 303 g/mol. The van der Waals surface area contributed by atoms with Crippen LogP contribution in [0, 0.1) is 0 Å². The Hall–Kier alpha value is -2.78. The van der Waals surface area contributed by atoms with E-state index in [1.165, 1.54) is 0 Å². The average molecular weight is 303 g/mol. The van der Waals surface area contributed by atoms with Crippen molar-refractivity contribution in [3.8, 4) is 11.1 Å². The van der Waals surface area contributed by atoms with Crippen LogP contribution in [0.1, 0.15) is 28.4 Å². The normalized spacial score (nSPS) is 11.9. The summed E-state index contributed by atoms with van der Waals surface area (Å²) in [6.07, 6.45) is 2.44. The van der Waals surface area contributed by atoms with E-state index in [1.807, 2.05) is 42.5 Å². The van der Waals surface area contributed by atoms with Crippen LogP contribution in [0.4, 0.5) is 0 Å². The van der Waals surface area contributed by atoms with Gasteiger partial charge in [0, 0.05) is 24.4 Å². The van der Waals surface area contributed by atoms with Gasteiger partial charge in [-0.1, -0.05) is 60.7 Å².